The van der Waals surface area contributed by atoms with Crippen molar-refractivity contribution in [3.05, 3.63) is 0 Å². The molecule has 3 nitrogen and oxygen atoms in total. The predicted octanol–water partition coefficient (Wildman–Crippen LogP) is 2.84. The van der Waals surface area contributed by atoms with E-state index in [-0.39, 0.29) is 12.7 Å². The first kappa shape index (κ1) is 12.5. The van der Waals surface area contributed by atoms with Gasteiger partial charge in [-0.2, -0.15) is 0 Å². The van der Waals surface area contributed by atoms with Gasteiger partial charge in [-0.05, 0) is 31.6 Å². The van der Waals surface area contributed by atoms with Crippen molar-refractivity contribution in [1.82, 2.24) is 0 Å². The van der Waals surface area contributed by atoms with E-state index in [1.54, 1.807) is 0 Å². The van der Waals surface area contributed by atoms with Gasteiger partial charge in [0.15, 0.2) is 0 Å². The monoisotopic (exact) mass is 214 g/mol. The average molecular weight is 214 g/mol. The van der Waals surface area contributed by atoms with E-state index in [0.29, 0.717) is 0 Å². The molecule has 15 heavy (non-hydrogen) atoms. The van der Waals surface area contributed by atoms with Crippen LogP contribution in [0.3, 0.4) is 0 Å². The lowest BCUT2D eigenvalue weighted by atomic mass is 9.84. The lowest BCUT2D eigenvalue weighted by Crippen LogP contribution is -2.24. The van der Waals surface area contributed by atoms with Gasteiger partial charge in [0.25, 0.3) is 0 Å². The highest BCUT2D eigenvalue weighted by atomic mass is 16.5. The zero-order valence-corrected chi connectivity index (χ0v) is 9.58. The van der Waals surface area contributed by atoms with Crippen LogP contribution in [0.1, 0.15) is 51.9 Å². The second-order valence-electron chi connectivity index (χ2n) is 4.49. The van der Waals surface area contributed by atoms with Crippen LogP contribution >= 0.6 is 0 Å². The van der Waals surface area contributed by atoms with E-state index in [1.165, 1.54) is 32.1 Å². The fourth-order valence-electron chi connectivity index (χ4n) is 2.27. The fraction of sp³-hybridized carbons (Fsp3) is 0.917. The first-order valence-corrected chi connectivity index (χ1v) is 6.05. The molecule has 0 aromatic heterocycles. The van der Waals surface area contributed by atoms with Crippen LogP contribution in [0.2, 0.25) is 0 Å². The maximum absolute atomic E-state index is 10.3. The smallest absolute Gasteiger partial charge is 0.329 e. The van der Waals surface area contributed by atoms with Gasteiger partial charge in [0, 0.05) is 0 Å². The number of unbranched alkanes of at least 4 members (excludes halogenated alkanes) is 1. The highest BCUT2D eigenvalue weighted by Crippen LogP contribution is 2.29. The summed E-state index contributed by atoms with van der Waals surface area (Å²) in [6.45, 7) is 2.09. The van der Waals surface area contributed by atoms with E-state index in [9.17, 15) is 4.79 Å². The van der Waals surface area contributed by atoms with Gasteiger partial charge in [0.05, 0.1) is 6.10 Å². The molecule has 0 spiro atoms. The maximum Gasteiger partial charge on any atom is 0.329 e. The van der Waals surface area contributed by atoms with E-state index < -0.39 is 5.97 Å². The summed E-state index contributed by atoms with van der Waals surface area (Å²) in [4.78, 5) is 10.3. The van der Waals surface area contributed by atoms with Crippen LogP contribution in [0, 0.1) is 5.92 Å². The van der Waals surface area contributed by atoms with Crippen LogP contribution < -0.4 is 0 Å². The highest BCUT2D eigenvalue weighted by Gasteiger charge is 2.21. The molecule has 0 heterocycles. The summed E-state index contributed by atoms with van der Waals surface area (Å²) < 4.78 is 5.30. The second kappa shape index (κ2) is 6.83. The number of aliphatic carboxylic acids is 1. The third-order valence-electron chi connectivity index (χ3n) is 3.20. The zero-order chi connectivity index (χ0) is 11.1. The second-order valence-corrected chi connectivity index (χ2v) is 4.49. The van der Waals surface area contributed by atoms with Crippen LogP contribution in [-0.4, -0.2) is 23.8 Å². The molecule has 0 unspecified atom stereocenters. The Morgan fingerprint density at radius 1 is 1.33 bits per heavy atom. The van der Waals surface area contributed by atoms with Crippen molar-refractivity contribution in [2.24, 2.45) is 5.92 Å². The fourth-order valence-corrected chi connectivity index (χ4v) is 2.27. The van der Waals surface area contributed by atoms with Gasteiger partial charge in [-0.25, -0.2) is 4.79 Å². The molecule has 0 atom stereocenters. The standard InChI is InChI=1S/C12H22O3/c1-2-3-4-10-5-7-11(8-6-10)15-9-12(13)14/h10-11H,2-9H2,1H3,(H,13,14). The Kier molecular flexibility index (Phi) is 5.69. The minimum Gasteiger partial charge on any atom is -0.480 e. The number of hydrogen-bond acceptors (Lipinski definition) is 2. The van der Waals surface area contributed by atoms with Crippen LogP contribution in [0.25, 0.3) is 0 Å². The third-order valence-corrected chi connectivity index (χ3v) is 3.20. The van der Waals surface area contributed by atoms with Crippen LogP contribution in [0.4, 0.5) is 0 Å². The van der Waals surface area contributed by atoms with E-state index in [1.807, 2.05) is 0 Å². The molecule has 1 fully saturated rings. The first-order valence-electron chi connectivity index (χ1n) is 6.05. The zero-order valence-electron chi connectivity index (χ0n) is 9.58. The molecule has 1 N–H and O–H groups in total. The quantitative estimate of drug-likeness (QED) is 0.739. The lowest BCUT2D eigenvalue weighted by molar-refractivity contribution is -0.145. The molecule has 0 aliphatic heterocycles. The topological polar surface area (TPSA) is 46.5 Å². The average Bonchev–Trinajstić information content (AvgIpc) is 2.25. The Morgan fingerprint density at radius 3 is 2.53 bits per heavy atom. The van der Waals surface area contributed by atoms with Crippen molar-refractivity contribution in [3.8, 4) is 0 Å². The summed E-state index contributed by atoms with van der Waals surface area (Å²) in [5, 5.41) is 8.49. The molecule has 0 saturated heterocycles. The Balaban J connectivity index is 2.09. The Hall–Kier alpha value is -0.570. The van der Waals surface area contributed by atoms with Crippen molar-refractivity contribution in [1.29, 1.82) is 0 Å². The molecule has 1 aliphatic rings. The third kappa shape index (κ3) is 5.17. The predicted molar refractivity (Wildman–Crippen MR) is 58.9 cm³/mol. The molecule has 1 saturated carbocycles. The number of carboxylic acid groups (broad SMARTS) is 1. The summed E-state index contributed by atoms with van der Waals surface area (Å²) in [6, 6.07) is 0. The molecular formula is C12H22O3. The van der Waals surface area contributed by atoms with Gasteiger partial charge in [-0.15, -0.1) is 0 Å². The molecule has 0 aromatic rings. The summed E-state index contributed by atoms with van der Waals surface area (Å²) >= 11 is 0. The van der Waals surface area contributed by atoms with Crippen molar-refractivity contribution in [3.63, 3.8) is 0 Å². The van der Waals surface area contributed by atoms with Crippen molar-refractivity contribution in [2.75, 3.05) is 6.61 Å². The molecule has 3 heteroatoms. The van der Waals surface area contributed by atoms with E-state index in [0.717, 1.165) is 18.8 Å². The molecular weight excluding hydrogens is 192 g/mol. The Bertz CT molecular complexity index is 183. The van der Waals surface area contributed by atoms with Gasteiger partial charge in [0.1, 0.15) is 6.61 Å². The normalized spacial score (nSPS) is 26.5. The SMILES string of the molecule is CCCCC1CCC(OCC(=O)O)CC1. The molecule has 0 bridgehead atoms. The number of rotatable bonds is 6. The lowest BCUT2D eigenvalue weighted by Gasteiger charge is -2.28. The van der Waals surface area contributed by atoms with Gasteiger partial charge in [0.2, 0.25) is 0 Å². The van der Waals surface area contributed by atoms with E-state index >= 15 is 0 Å². The molecule has 1 rings (SSSR count). The van der Waals surface area contributed by atoms with Gasteiger partial charge < -0.3 is 9.84 Å². The minimum atomic E-state index is -0.858. The van der Waals surface area contributed by atoms with Crippen LogP contribution in [0.15, 0.2) is 0 Å². The van der Waals surface area contributed by atoms with E-state index in [2.05, 4.69) is 6.92 Å². The number of carboxylic acids is 1. The van der Waals surface area contributed by atoms with Gasteiger partial charge in [-0.1, -0.05) is 26.2 Å². The number of ether oxygens (including phenoxy) is 1. The number of hydrogen-bond donors (Lipinski definition) is 1. The van der Waals surface area contributed by atoms with Crippen molar-refractivity contribution < 1.29 is 14.6 Å². The van der Waals surface area contributed by atoms with Gasteiger partial charge in [-0.3, -0.25) is 0 Å². The van der Waals surface area contributed by atoms with Crippen molar-refractivity contribution in [2.45, 2.75) is 58.0 Å². The summed E-state index contributed by atoms with van der Waals surface area (Å²) in [7, 11) is 0. The first-order chi connectivity index (χ1) is 7.22. The molecule has 88 valence electrons. The van der Waals surface area contributed by atoms with Crippen LogP contribution in [0.5, 0.6) is 0 Å². The molecule has 1 aliphatic carbocycles. The molecule has 0 amide bonds. The minimum absolute atomic E-state index is 0.135. The molecule has 0 radical (unpaired) electrons. The molecule has 0 aromatic carbocycles. The van der Waals surface area contributed by atoms with E-state index in [4.69, 9.17) is 9.84 Å². The Labute approximate surface area is 91.8 Å². The van der Waals surface area contributed by atoms with Gasteiger partial charge >= 0.3 is 5.97 Å². The highest BCUT2D eigenvalue weighted by molar-refractivity contribution is 5.68. The summed E-state index contributed by atoms with van der Waals surface area (Å²) in [5.74, 6) is -0.00210. The Morgan fingerprint density at radius 2 is 2.00 bits per heavy atom. The summed E-state index contributed by atoms with van der Waals surface area (Å²) in [5.41, 5.74) is 0. The largest absolute Gasteiger partial charge is 0.480 e. The van der Waals surface area contributed by atoms with Crippen LogP contribution in [-0.2, 0) is 9.53 Å². The number of carbonyl (C=O) groups is 1. The van der Waals surface area contributed by atoms with Crippen molar-refractivity contribution >= 4 is 5.97 Å². The maximum atomic E-state index is 10.3. The summed E-state index contributed by atoms with van der Waals surface area (Å²) in [6.07, 6.45) is 8.64.